The molecule has 0 fully saturated rings. The van der Waals surface area contributed by atoms with E-state index in [1.165, 1.54) is 14.0 Å². The van der Waals surface area contributed by atoms with E-state index < -0.39 is 17.2 Å². The van der Waals surface area contributed by atoms with Crippen LogP contribution in [0.15, 0.2) is 21.3 Å². The van der Waals surface area contributed by atoms with Crippen molar-refractivity contribution in [2.75, 3.05) is 0 Å². The predicted octanol–water partition coefficient (Wildman–Crippen LogP) is 3.52. The summed E-state index contributed by atoms with van der Waals surface area (Å²) in [6.45, 7) is 4.99. The summed E-state index contributed by atoms with van der Waals surface area (Å²) in [5, 5.41) is 20.8. The Morgan fingerprint density at radius 2 is 1.92 bits per heavy atom. The number of hydrogen-bond acceptors (Lipinski definition) is 5. The number of nitrogens with zero attached hydrogens (tertiary/aromatic N) is 2. The Kier molecular flexibility index (Phi) is 4.13. The Balaban J connectivity index is 2.31. The largest absolute Gasteiger partial charge is 0.494 e. The van der Waals surface area contributed by atoms with E-state index in [1.54, 1.807) is 25.1 Å². The number of aromatic nitrogens is 1. The maximum Gasteiger partial charge on any atom is 0.271 e. The fourth-order valence-corrected chi connectivity index (χ4v) is 3.12. The molecule has 1 aromatic carbocycles. The molecule has 3 rings (SSSR count). The normalized spacial score (nSPS) is 10.9. The topological polar surface area (TPSA) is 96.2 Å². The minimum absolute atomic E-state index is 0.0302. The zero-order valence-electron chi connectivity index (χ0n) is 14.6. The van der Waals surface area contributed by atoms with Crippen LogP contribution >= 0.6 is 11.6 Å². The first-order valence-electron chi connectivity index (χ1n) is 7.75. The van der Waals surface area contributed by atoms with E-state index in [0.29, 0.717) is 21.6 Å². The zero-order chi connectivity index (χ0) is 19.3. The molecule has 2 heterocycles. The number of furan rings is 1. The van der Waals surface area contributed by atoms with Crippen LogP contribution in [0.25, 0.3) is 11.0 Å². The summed E-state index contributed by atoms with van der Waals surface area (Å²) in [7, 11) is 1.29. The van der Waals surface area contributed by atoms with Gasteiger partial charge in [-0.05, 0) is 44.0 Å². The smallest absolute Gasteiger partial charge is 0.271 e. The molecule has 2 aromatic heterocycles. The van der Waals surface area contributed by atoms with E-state index in [-0.39, 0.29) is 22.5 Å². The molecule has 3 aromatic rings. The molecule has 0 spiro atoms. The number of nitriles is 1. The van der Waals surface area contributed by atoms with Gasteiger partial charge in [0, 0.05) is 23.0 Å². The second-order valence-corrected chi connectivity index (χ2v) is 6.56. The summed E-state index contributed by atoms with van der Waals surface area (Å²) in [4.78, 5) is 25.1. The SMILES string of the molecule is Cc1cc2oc(C(=O)c3c(C)c(C#N)c(=O)n(C)c3O)c(C)c2cc1Cl. The molecule has 7 heteroatoms. The first kappa shape index (κ1) is 17.8. The quantitative estimate of drug-likeness (QED) is 0.696. The van der Waals surface area contributed by atoms with Gasteiger partial charge in [0.15, 0.2) is 5.76 Å². The minimum atomic E-state index is -0.664. The fraction of sp³-hybridized carbons (Fsp3) is 0.211. The van der Waals surface area contributed by atoms with Gasteiger partial charge < -0.3 is 9.52 Å². The Morgan fingerprint density at radius 1 is 1.27 bits per heavy atom. The van der Waals surface area contributed by atoms with E-state index >= 15 is 0 Å². The average molecular weight is 371 g/mol. The third-order valence-electron chi connectivity index (χ3n) is 4.57. The van der Waals surface area contributed by atoms with Crippen LogP contribution in [0.4, 0.5) is 0 Å². The molecule has 0 aliphatic heterocycles. The van der Waals surface area contributed by atoms with E-state index in [9.17, 15) is 20.0 Å². The van der Waals surface area contributed by atoms with Crippen molar-refractivity contribution in [3.05, 3.63) is 61.1 Å². The standard InChI is InChI=1S/C19H15ClN2O4/c1-8-5-14-11(6-13(8)20)10(3)17(26-14)16(23)15-9(2)12(7-21)18(24)22(4)19(15)25/h5-6,25H,1-4H3. The molecule has 6 nitrogen and oxygen atoms in total. The van der Waals surface area contributed by atoms with Crippen molar-refractivity contribution in [3.63, 3.8) is 0 Å². The summed E-state index contributed by atoms with van der Waals surface area (Å²) in [6.07, 6.45) is 0. The Labute approximate surface area is 153 Å². The number of halogens is 1. The number of ketones is 1. The number of rotatable bonds is 2. The van der Waals surface area contributed by atoms with E-state index in [0.717, 1.165) is 10.1 Å². The molecule has 0 saturated heterocycles. The van der Waals surface area contributed by atoms with Crippen LogP contribution in [-0.2, 0) is 7.05 Å². The minimum Gasteiger partial charge on any atom is -0.494 e. The number of aryl methyl sites for hydroxylation is 2. The number of carbonyl (C=O) groups excluding carboxylic acids is 1. The number of hydrogen-bond donors (Lipinski definition) is 1. The summed E-state index contributed by atoms with van der Waals surface area (Å²) >= 11 is 6.15. The van der Waals surface area contributed by atoms with Crippen molar-refractivity contribution in [1.29, 1.82) is 5.26 Å². The van der Waals surface area contributed by atoms with Crippen LogP contribution in [0.2, 0.25) is 5.02 Å². The van der Waals surface area contributed by atoms with Crippen LogP contribution in [0.3, 0.4) is 0 Å². The number of benzene rings is 1. The zero-order valence-corrected chi connectivity index (χ0v) is 15.4. The maximum atomic E-state index is 13.1. The molecular weight excluding hydrogens is 356 g/mol. The highest BCUT2D eigenvalue weighted by Gasteiger charge is 2.28. The molecule has 0 atom stereocenters. The third-order valence-corrected chi connectivity index (χ3v) is 4.98. The highest BCUT2D eigenvalue weighted by atomic mass is 35.5. The van der Waals surface area contributed by atoms with Gasteiger partial charge in [-0.15, -0.1) is 0 Å². The average Bonchev–Trinajstić information content (AvgIpc) is 2.90. The summed E-state index contributed by atoms with van der Waals surface area (Å²) < 4.78 is 6.59. The van der Waals surface area contributed by atoms with E-state index in [1.807, 2.05) is 6.92 Å². The van der Waals surface area contributed by atoms with Crippen molar-refractivity contribution in [2.45, 2.75) is 20.8 Å². The van der Waals surface area contributed by atoms with Gasteiger partial charge in [0.05, 0.1) is 5.56 Å². The summed E-state index contributed by atoms with van der Waals surface area (Å²) in [6, 6.07) is 5.24. The molecule has 0 unspecified atom stereocenters. The number of carbonyl (C=O) groups is 1. The highest BCUT2D eigenvalue weighted by Crippen LogP contribution is 2.33. The lowest BCUT2D eigenvalue weighted by atomic mass is 9.98. The van der Waals surface area contributed by atoms with Gasteiger partial charge in [0.2, 0.25) is 11.7 Å². The number of pyridine rings is 1. The summed E-state index contributed by atoms with van der Waals surface area (Å²) in [5.41, 5.74) is 0.998. The van der Waals surface area contributed by atoms with E-state index in [2.05, 4.69) is 0 Å². The lowest BCUT2D eigenvalue weighted by Gasteiger charge is -2.11. The van der Waals surface area contributed by atoms with Crippen molar-refractivity contribution < 1.29 is 14.3 Å². The van der Waals surface area contributed by atoms with Crippen LogP contribution in [0, 0.1) is 32.1 Å². The van der Waals surface area contributed by atoms with Crippen LogP contribution < -0.4 is 5.56 Å². The molecule has 1 N–H and O–H groups in total. The van der Waals surface area contributed by atoms with Crippen LogP contribution in [0.5, 0.6) is 5.88 Å². The van der Waals surface area contributed by atoms with Gasteiger partial charge in [0.1, 0.15) is 17.2 Å². The maximum absolute atomic E-state index is 13.1. The van der Waals surface area contributed by atoms with Gasteiger partial charge in [-0.3, -0.25) is 14.2 Å². The molecule has 0 radical (unpaired) electrons. The molecular formula is C19H15ClN2O4. The predicted molar refractivity (Wildman–Crippen MR) is 96.9 cm³/mol. The fourth-order valence-electron chi connectivity index (χ4n) is 2.96. The lowest BCUT2D eigenvalue weighted by molar-refractivity contribution is 0.101. The van der Waals surface area contributed by atoms with Crippen molar-refractivity contribution >= 4 is 28.4 Å². The van der Waals surface area contributed by atoms with Gasteiger partial charge >= 0.3 is 0 Å². The van der Waals surface area contributed by atoms with Crippen LogP contribution in [-0.4, -0.2) is 15.5 Å². The lowest BCUT2D eigenvalue weighted by Crippen LogP contribution is -2.24. The van der Waals surface area contributed by atoms with Crippen LogP contribution in [0.1, 0.15) is 38.4 Å². The monoisotopic (exact) mass is 370 g/mol. The first-order valence-corrected chi connectivity index (χ1v) is 8.13. The van der Waals surface area contributed by atoms with E-state index in [4.69, 9.17) is 16.0 Å². The molecule has 0 saturated carbocycles. The Morgan fingerprint density at radius 3 is 2.54 bits per heavy atom. The molecule has 26 heavy (non-hydrogen) atoms. The highest BCUT2D eigenvalue weighted by molar-refractivity contribution is 6.32. The number of fused-ring (bicyclic) bond motifs is 1. The molecule has 132 valence electrons. The first-order chi connectivity index (χ1) is 12.2. The molecule has 0 bridgehead atoms. The number of aromatic hydroxyl groups is 1. The molecule has 0 amide bonds. The second kappa shape index (κ2) is 6.04. The van der Waals surface area contributed by atoms with Gasteiger partial charge in [0.25, 0.3) is 5.56 Å². The Hall–Kier alpha value is -3.04. The third kappa shape index (κ3) is 2.40. The van der Waals surface area contributed by atoms with Gasteiger partial charge in [-0.1, -0.05) is 11.6 Å². The summed E-state index contributed by atoms with van der Waals surface area (Å²) in [5.74, 6) is -1.08. The second-order valence-electron chi connectivity index (χ2n) is 6.16. The van der Waals surface area contributed by atoms with Crippen molar-refractivity contribution in [1.82, 2.24) is 4.57 Å². The van der Waals surface area contributed by atoms with Crippen molar-refractivity contribution in [2.24, 2.45) is 7.05 Å². The molecule has 0 aliphatic carbocycles. The van der Waals surface area contributed by atoms with Crippen molar-refractivity contribution in [3.8, 4) is 11.9 Å². The molecule has 0 aliphatic rings. The van der Waals surface area contributed by atoms with Gasteiger partial charge in [-0.25, -0.2) is 0 Å². The Bertz CT molecular complexity index is 1200. The van der Waals surface area contributed by atoms with Gasteiger partial charge in [-0.2, -0.15) is 5.26 Å².